The molecule has 0 saturated carbocycles. The van der Waals surface area contributed by atoms with Crippen LogP contribution in [0.15, 0.2) is 0 Å². The molecule has 2 atom stereocenters. The molecule has 0 bridgehead atoms. The van der Waals surface area contributed by atoms with Crippen molar-refractivity contribution in [3.63, 3.8) is 0 Å². The molecule has 0 aliphatic heterocycles. The summed E-state index contributed by atoms with van der Waals surface area (Å²) in [4.78, 5) is 47.2. The van der Waals surface area contributed by atoms with Crippen LogP contribution >= 0.6 is 7.82 Å². The topological polar surface area (TPSA) is 182 Å². The Kier molecular flexibility index (Phi) is 49.7. The molecule has 0 rings (SSSR count). The van der Waals surface area contributed by atoms with E-state index in [0.717, 1.165) is 38.5 Å². The molecule has 0 spiro atoms. The van der Waals surface area contributed by atoms with Crippen molar-refractivity contribution >= 4 is 55.4 Å². The number of carbonyl (C=O) groups is 3. The standard InChI is InChI=1S/C46H91N2O11P.Na/c1-3-5-7-9-11-13-15-17-19-21-23-25-27-29-31-33-44(49)56-41-43(42-58-60(52,53)57-38-36-48-46(51)55-40-39-54-37-35-47)59-45(50)34-32-30-28-26-24-22-20-18-16-14-12-10-8-6-4-2;/h43H,3-42,47H2,1-2H3,(H,48,51)(H,52,53);. The maximum atomic E-state index is 12.7. The Morgan fingerprint density at radius 3 is 1.36 bits per heavy atom. The summed E-state index contributed by atoms with van der Waals surface area (Å²) in [6.07, 6.45) is 35.4. The third kappa shape index (κ3) is 48.5. The number of nitrogens with two attached hydrogens (primary N) is 1. The minimum Gasteiger partial charge on any atom is -0.462 e. The molecule has 1 radical (unpaired) electrons. The summed E-state index contributed by atoms with van der Waals surface area (Å²) in [5.74, 6) is -0.901. The summed E-state index contributed by atoms with van der Waals surface area (Å²) in [6, 6.07) is 0. The second-order valence-electron chi connectivity index (χ2n) is 16.3. The van der Waals surface area contributed by atoms with Gasteiger partial charge in [-0.3, -0.25) is 18.6 Å². The number of alkyl carbamates (subject to hydrolysis) is 1. The number of phosphoric acid groups is 1. The fraction of sp³-hybridized carbons (Fsp3) is 0.935. The Balaban J connectivity index is 0. The van der Waals surface area contributed by atoms with Crippen LogP contribution in [-0.2, 0) is 42.1 Å². The summed E-state index contributed by atoms with van der Waals surface area (Å²) < 4.78 is 43.6. The average Bonchev–Trinajstić information content (AvgIpc) is 3.23. The van der Waals surface area contributed by atoms with Crippen LogP contribution in [0.2, 0.25) is 0 Å². The first-order valence-corrected chi connectivity index (χ1v) is 25.9. The molecule has 357 valence electrons. The van der Waals surface area contributed by atoms with E-state index in [9.17, 15) is 23.8 Å². The van der Waals surface area contributed by atoms with Gasteiger partial charge in [-0.1, -0.05) is 194 Å². The van der Waals surface area contributed by atoms with Crippen molar-refractivity contribution in [1.29, 1.82) is 0 Å². The monoisotopic (exact) mass is 902 g/mol. The van der Waals surface area contributed by atoms with Gasteiger partial charge in [-0.05, 0) is 12.8 Å². The zero-order valence-corrected chi connectivity index (χ0v) is 42.3. The molecule has 0 fully saturated rings. The number of esters is 2. The van der Waals surface area contributed by atoms with Gasteiger partial charge in [0, 0.05) is 55.5 Å². The molecule has 61 heavy (non-hydrogen) atoms. The molecule has 0 aromatic heterocycles. The second kappa shape index (κ2) is 48.7. The molecule has 2 unspecified atom stereocenters. The Morgan fingerprint density at radius 2 is 0.934 bits per heavy atom. The van der Waals surface area contributed by atoms with Gasteiger partial charge < -0.3 is 34.9 Å². The van der Waals surface area contributed by atoms with E-state index in [1.54, 1.807) is 0 Å². The van der Waals surface area contributed by atoms with E-state index in [1.165, 1.54) is 141 Å². The van der Waals surface area contributed by atoms with Crippen molar-refractivity contribution in [1.82, 2.24) is 5.32 Å². The quantitative estimate of drug-likeness (QED) is 0.0173. The van der Waals surface area contributed by atoms with Crippen LogP contribution in [0.3, 0.4) is 0 Å². The Morgan fingerprint density at radius 1 is 0.525 bits per heavy atom. The van der Waals surface area contributed by atoms with Crippen LogP contribution in [0.5, 0.6) is 0 Å². The van der Waals surface area contributed by atoms with E-state index in [4.69, 9.17) is 33.7 Å². The fourth-order valence-corrected chi connectivity index (χ4v) is 7.61. The Hall–Kier alpha value is -0.760. The van der Waals surface area contributed by atoms with Gasteiger partial charge in [0.25, 0.3) is 0 Å². The molecule has 0 aliphatic rings. The molecule has 0 aromatic rings. The summed E-state index contributed by atoms with van der Waals surface area (Å²) in [5, 5.41) is 2.39. The number of hydrogen-bond acceptors (Lipinski definition) is 11. The summed E-state index contributed by atoms with van der Waals surface area (Å²) in [5.41, 5.74) is 5.33. The molecule has 0 saturated heterocycles. The third-order valence-electron chi connectivity index (χ3n) is 10.5. The maximum Gasteiger partial charge on any atom is 0.472 e. The molecule has 0 aromatic carbocycles. The van der Waals surface area contributed by atoms with Gasteiger partial charge in [-0.25, -0.2) is 9.36 Å². The normalized spacial score (nSPS) is 12.7. The van der Waals surface area contributed by atoms with Crippen LogP contribution < -0.4 is 11.1 Å². The molecule has 13 nitrogen and oxygen atoms in total. The van der Waals surface area contributed by atoms with Crippen LogP contribution in [0.4, 0.5) is 4.79 Å². The van der Waals surface area contributed by atoms with Crippen molar-refractivity contribution in [2.24, 2.45) is 5.73 Å². The van der Waals surface area contributed by atoms with E-state index < -0.39 is 38.6 Å². The number of hydrogen-bond donors (Lipinski definition) is 3. The minimum absolute atomic E-state index is 0. The second-order valence-corrected chi connectivity index (χ2v) is 17.7. The van der Waals surface area contributed by atoms with Crippen molar-refractivity contribution in [2.45, 2.75) is 225 Å². The van der Waals surface area contributed by atoms with Crippen molar-refractivity contribution in [2.75, 3.05) is 52.7 Å². The van der Waals surface area contributed by atoms with Crippen LogP contribution in [0.25, 0.3) is 0 Å². The van der Waals surface area contributed by atoms with E-state index in [1.807, 2.05) is 0 Å². The van der Waals surface area contributed by atoms with Gasteiger partial charge in [-0.15, -0.1) is 0 Å². The number of carbonyl (C=O) groups excluding carboxylic acids is 3. The Bertz CT molecular complexity index is 1030. The maximum absolute atomic E-state index is 12.7. The van der Waals surface area contributed by atoms with Gasteiger partial charge in [0.1, 0.15) is 13.2 Å². The zero-order valence-electron chi connectivity index (χ0n) is 39.4. The van der Waals surface area contributed by atoms with Gasteiger partial charge in [0.05, 0.1) is 26.4 Å². The molecular formula is C46H91N2NaO11P. The third-order valence-corrected chi connectivity index (χ3v) is 11.5. The average molecular weight is 902 g/mol. The minimum atomic E-state index is -4.59. The van der Waals surface area contributed by atoms with Gasteiger partial charge in [0.15, 0.2) is 6.10 Å². The number of rotatable bonds is 47. The van der Waals surface area contributed by atoms with E-state index >= 15 is 0 Å². The molecule has 0 aliphatic carbocycles. The Labute approximate surface area is 394 Å². The number of nitrogens with one attached hydrogen (secondary N) is 1. The van der Waals surface area contributed by atoms with Crippen molar-refractivity contribution in [3.8, 4) is 0 Å². The largest absolute Gasteiger partial charge is 0.472 e. The molecule has 15 heteroatoms. The first kappa shape index (κ1) is 62.3. The SMILES string of the molecule is CCCCCCCCCCCCCCCCCC(=O)OCC(COP(=O)(O)OCCNC(=O)OCCOCCN)OC(=O)CCCCCCCCCCCCCCCCC.[Na]. The number of ether oxygens (including phenoxy) is 4. The summed E-state index contributed by atoms with van der Waals surface area (Å²) in [7, 11) is -4.59. The van der Waals surface area contributed by atoms with Gasteiger partial charge in [0.2, 0.25) is 0 Å². The first-order valence-electron chi connectivity index (χ1n) is 24.4. The predicted octanol–water partition coefficient (Wildman–Crippen LogP) is 11.4. The van der Waals surface area contributed by atoms with E-state index in [2.05, 4.69) is 19.2 Å². The first-order chi connectivity index (χ1) is 29.2. The van der Waals surface area contributed by atoms with Crippen molar-refractivity contribution < 1.29 is 51.8 Å². The van der Waals surface area contributed by atoms with Crippen molar-refractivity contribution in [3.05, 3.63) is 0 Å². The van der Waals surface area contributed by atoms with Gasteiger partial charge >= 0.3 is 25.9 Å². The number of amides is 1. The summed E-state index contributed by atoms with van der Waals surface area (Å²) in [6.45, 7) is 4.17. The molecular weight excluding hydrogens is 810 g/mol. The zero-order chi connectivity index (χ0) is 44.0. The number of unbranched alkanes of at least 4 members (excludes halogenated alkanes) is 28. The van der Waals surface area contributed by atoms with Crippen LogP contribution in [0.1, 0.15) is 219 Å². The van der Waals surface area contributed by atoms with Crippen LogP contribution in [-0.4, -0.2) is 111 Å². The molecule has 4 N–H and O–H groups in total. The molecule has 1 amide bonds. The van der Waals surface area contributed by atoms with E-state index in [-0.39, 0.29) is 75.4 Å². The van der Waals surface area contributed by atoms with E-state index in [0.29, 0.717) is 26.0 Å². The predicted molar refractivity (Wildman–Crippen MR) is 247 cm³/mol. The molecule has 0 heterocycles. The fourth-order valence-electron chi connectivity index (χ4n) is 6.86. The number of phosphoric ester groups is 1. The van der Waals surface area contributed by atoms with Gasteiger partial charge in [-0.2, -0.15) is 0 Å². The van der Waals surface area contributed by atoms with Crippen LogP contribution in [0, 0.1) is 0 Å². The summed E-state index contributed by atoms with van der Waals surface area (Å²) >= 11 is 0. The smallest absolute Gasteiger partial charge is 0.462 e.